The van der Waals surface area contributed by atoms with Gasteiger partial charge in [-0.05, 0) is 27.9 Å². The molecule has 1 heterocycles. The van der Waals surface area contributed by atoms with Crippen molar-refractivity contribution >= 4 is 39.3 Å². The van der Waals surface area contributed by atoms with Crippen molar-refractivity contribution in [1.82, 2.24) is 10.3 Å². The van der Waals surface area contributed by atoms with Gasteiger partial charge in [0, 0.05) is 19.8 Å². The molecule has 0 radical (unpaired) electrons. The molecule has 0 aliphatic heterocycles. The molecule has 100 valence electrons. The highest BCUT2D eigenvalue weighted by atomic mass is 79.9. The lowest BCUT2D eigenvalue weighted by Gasteiger charge is -2.19. The van der Waals surface area contributed by atoms with Gasteiger partial charge in [-0.25, -0.2) is 4.98 Å². The Morgan fingerprint density at radius 2 is 2.28 bits per heavy atom. The molecule has 1 amide bonds. The Balaban J connectivity index is 2.59. The molecule has 18 heavy (non-hydrogen) atoms. The first-order valence-electron chi connectivity index (χ1n) is 5.69. The van der Waals surface area contributed by atoms with E-state index in [0.29, 0.717) is 23.3 Å². The summed E-state index contributed by atoms with van der Waals surface area (Å²) in [7, 11) is 1.82. The minimum Gasteiger partial charge on any atom is -0.354 e. The molecule has 0 saturated carbocycles. The first-order chi connectivity index (χ1) is 8.40. The molecule has 4 nitrogen and oxygen atoms in total. The van der Waals surface area contributed by atoms with Crippen molar-refractivity contribution in [1.29, 1.82) is 0 Å². The van der Waals surface area contributed by atoms with E-state index >= 15 is 0 Å². The molecule has 6 heteroatoms. The van der Waals surface area contributed by atoms with Gasteiger partial charge < -0.3 is 10.2 Å². The molecule has 0 bridgehead atoms. The summed E-state index contributed by atoms with van der Waals surface area (Å²) >= 11 is 9.20. The monoisotopic (exact) mass is 333 g/mol. The van der Waals surface area contributed by atoms with E-state index in [1.54, 1.807) is 17.2 Å². The lowest BCUT2D eigenvalue weighted by Crippen LogP contribution is -2.37. The van der Waals surface area contributed by atoms with Crippen LogP contribution in [0.3, 0.4) is 0 Å². The maximum Gasteiger partial charge on any atom is 0.239 e. The molecule has 0 saturated heterocycles. The third-order valence-electron chi connectivity index (χ3n) is 2.24. The zero-order valence-electron chi connectivity index (χ0n) is 10.7. The van der Waals surface area contributed by atoms with E-state index in [-0.39, 0.29) is 12.5 Å². The zero-order valence-corrected chi connectivity index (χ0v) is 13.0. The van der Waals surface area contributed by atoms with Crippen LogP contribution in [0.15, 0.2) is 16.7 Å². The highest BCUT2D eigenvalue weighted by Crippen LogP contribution is 2.25. The third-order valence-corrected chi connectivity index (χ3v) is 3.03. The molecule has 0 aliphatic carbocycles. The number of hydrogen-bond acceptors (Lipinski definition) is 3. The minimum absolute atomic E-state index is 0.0187. The van der Waals surface area contributed by atoms with E-state index in [9.17, 15) is 4.79 Å². The third kappa shape index (κ3) is 4.82. The molecule has 0 aliphatic rings. The number of hydrogen-bond donors (Lipinski definition) is 1. The molecule has 0 aromatic carbocycles. The molecule has 1 N–H and O–H groups in total. The fourth-order valence-electron chi connectivity index (χ4n) is 1.35. The van der Waals surface area contributed by atoms with E-state index in [1.807, 2.05) is 7.05 Å². The summed E-state index contributed by atoms with van der Waals surface area (Å²) in [5, 5.41) is 3.42. The fourth-order valence-corrected chi connectivity index (χ4v) is 2.29. The number of rotatable bonds is 5. The number of carbonyl (C=O) groups is 1. The predicted octanol–water partition coefficient (Wildman–Crippen LogP) is 2.71. The number of halogens is 2. The first-order valence-corrected chi connectivity index (χ1v) is 6.86. The molecule has 0 spiro atoms. The van der Waals surface area contributed by atoms with Gasteiger partial charge in [-0.3, -0.25) is 4.79 Å². The van der Waals surface area contributed by atoms with Crippen molar-refractivity contribution in [3.05, 3.63) is 21.8 Å². The van der Waals surface area contributed by atoms with Crippen LogP contribution in [-0.2, 0) is 4.79 Å². The van der Waals surface area contributed by atoms with Gasteiger partial charge >= 0.3 is 0 Å². The highest BCUT2D eigenvalue weighted by molar-refractivity contribution is 9.10. The number of amides is 1. The summed E-state index contributed by atoms with van der Waals surface area (Å²) in [6, 6.07) is 1.76. The van der Waals surface area contributed by atoms with Crippen molar-refractivity contribution in [3.8, 4) is 0 Å². The topological polar surface area (TPSA) is 45.2 Å². The van der Waals surface area contributed by atoms with E-state index in [1.165, 1.54) is 0 Å². The van der Waals surface area contributed by atoms with Gasteiger partial charge in [0.1, 0.15) is 5.82 Å². The molecule has 0 unspecified atom stereocenters. The van der Waals surface area contributed by atoms with Crippen molar-refractivity contribution < 1.29 is 4.79 Å². The maximum atomic E-state index is 11.7. The van der Waals surface area contributed by atoms with E-state index in [4.69, 9.17) is 11.6 Å². The van der Waals surface area contributed by atoms with Gasteiger partial charge in [0.15, 0.2) is 0 Å². The van der Waals surface area contributed by atoms with Crippen molar-refractivity contribution in [2.45, 2.75) is 13.8 Å². The summed E-state index contributed by atoms with van der Waals surface area (Å²) < 4.78 is 0.772. The molecule has 1 rings (SSSR count). The number of carbonyl (C=O) groups excluding carboxylic acids is 1. The van der Waals surface area contributed by atoms with Crippen LogP contribution in [-0.4, -0.2) is 31.0 Å². The van der Waals surface area contributed by atoms with Crippen molar-refractivity contribution in [3.63, 3.8) is 0 Å². The second-order valence-electron chi connectivity index (χ2n) is 4.51. The Morgan fingerprint density at radius 3 is 2.83 bits per heavy atom. The van der Waals surface area contributed by atoms with Crippen LogP contribution in [0.2, 0.25) is 5.02 Å². The Morgan fingerprint density at radius 1 is 1.61 bits per heavy atom. The zero-order chi connectivity index (χ0) is 13.7. The Labute approximate surface area is 121 Å². The van der Waals surface area contributed by atoms with Gasteiger partial charge in [-0.15, -0.1) is 0 Å². The summed E-state index contributed by atoms with van der Waals surface area (Å²) in [6.07, 6.45) is 1.56. The Bertz CT molecular complexity index is 426. The quantitative estimate of drug-likeness (QED) is 0.900. The van der Waals surface area contributed by atoms with Crippen LogP contribution in [0.4, 0.5) is 5.82 Å². The van der Waals surface area contributed by atoms with Crippen LogP contribution >= 0.6 is 27.5 Å². The van der Waals surface area contributed by atoms with Gasteiger partial charge in [0.25, 0.3) is 0 Å². The number of aromatic nitrogens is 1. The Kier molecular flexibility index (Phi) is 5.88. The van der Waals surface area contributed by atoms with Crippen LogP contribution in [0.1, 0.15) is 13.8 Å². The summed E-state index contributed by atoms with van der Waals surface area (Å²) in [5.41, 5.74) is 0. The first kappa shape index (κ1) is 15.2. The maximum absolute atomic E-state index is 11.7. The Hall–Kier alpha value is -0.810. The number of anilines is 1. The lowest BCUT2D eigenvalue weighted by atomic mass is 10.2. The molecular formula is C12H17BrClN3O. The van der Waals surface area contributed by atoms with Gasteiger partial charge in [-0.1, -0.05) is 25.4 Å². The minimum atomic E-state index is -0.0187. The summed E-state index contributed by atoms with van der Waals surface area (Å²) in [6.45, 7) is 5.06. The smallest absolute Gasteiger partial charge is 0.239 e. The molecule has 1 aromatic heterocycles. The van der Waals surface area contributed by atoms with Crippen molar-refractivity contribution in [2.75, 3.05) is 25.0 Å². The van der Waals surface area contributed by atoms with Crippen LogP contribution in [0.5, 0.6) is 0 Å². The molecular weight excluding hydrogens is 318 g/mol. The average molecular weight is 335 g/mol. The normalized spacial score (nSPS) is 10.6. The largest absolute Gasteiger partial charge is 0.354 e. The van der Waals surface area contributed by atoms with Crippen molar-refractivity contribution in [2.24, 2.45) is 5.92 Å². The predicted molar refractivity (Wildman–Crippen MR) is 78.1 cm³/mol. The SMILES string of the molecule is CC(C)CNC(=O)CN(C)c1ncc(Cl)cc1Br. The lowest BCUT2D eigenvalue weighted by molar-refractivity contribution is -0.119. The summed E-state index contributed by atoms with van der Waals surface area (Å²) in [4.78, 5) is 17.7. The number of nitrogens with one attached hydrogen (secondary N) is 1. The van der Waals surface area contributed by atoms with Crippen LogP contribution in [0, 0.1) is 5.92 Å². The molecule has 0 atom stereocenters. The second-order valence-corrected chi connectivity index (χ2v) is 5.80. The summed E-state index contributed by atoms with van der Waals surface area (Å²) in [5.74, 6) is 1.12. The van der Waals surface area contributed by atoms with E-state index in [2.05, 4.69) is 40.1 Å². The number of pyridine rings is 1. The van der Waals surface area contributed by atoms with Crippen LogP contribution < -0.4 is 10.2 Å². The van der Waals surface area contributed by atoms with Gasteiger partial charge in [-0.2, -0.15) is 0 Å². The molecule has 1 aromatic rings. The van der Waals surface area contributed by atoms with Gasteiger partial charge in [0.05, 0.1) is 16.0 Å². The highest BCUT2D eigenvalue weighted by Gasteiger charge is 2.12. The fraction of sp³-hybridized carbons (Fsp3) is 0.500. The number of nitrogens with zero attached hydrogens (tertiary/aromatic N) is 2. The van der Waals surface area contributed by atoms with Crippen LogP contribution in [0.25, 0.3) is 0 Å². The van der Waals surface area contributed by atoms with Gasteiger partial charge in [0.2, 0.25) is 5.91 Å². The molecule has 0 fully saturated rings. The number of likely N-dealkylation sites (N-methyl/N-ethyl adjacent to an activating group) is 1. The standard InChI is InChI=1S/C12H17BrClN3O/c1-8(2)5-15-11(18)7-17(3)12-10(13)4-9(14)6-16-12/h4,6,8H,5,7H2,1-3H3,(H,15,18). The second kappa shape index (κ2) is 6.95. The average Bonchev–Trinajstić information content (AvgIpc) is 2.26. The van der Waals surface area contributed by atoms with E-state index < -0.39 is 0 Å². The van der Waals surface area contributed by atoms with E-state index in [0.717, 1.165) is 4.47 Å².